The van der Waals surface area contributed by atoms with E-state index in [2.05, 4.69) is 103 Å². The number of thiocarbonyl (C=S) groups is 1. The molecule has 0 amide bonds. The number of nitrogens with one attached hydrogen (secondary N) is 1. The van der Waals surface area contributed by atoms with Crippen molar-refractivity contribution in [1.29, 1.82) is 0 Å². The maximum atomic E-state index is 5.86. The number of hydrogen-bond donors (Lipinski definition) is 1. The van der Waals surface area contributed by atoms with E-state index in [1.165, 1.54) is 22.5 Å². The second-order valence-corrected chi connectivity index (χ2v) is 9.54. The molecule has 0 bridgehead atoms. The molecule has 4 heterocycles. The molecule has 0 radical (unpaired) electrons. The van der Waals surface area contributed by atoms with Crippen molar-refractivity contribution in [3.63, 3.8) is 0 Å². The van der Waals surface area contributed by atoms with Gasteiger partial charge in [-0.15, -0.1) is 0 Å². The molecule has 2 atom stereocenters. The van der Waals surface area contributed by atoms with Gasteiger partial charge >= 0.3 is 0 Å². The Kier molecular flexibility index (Phi) is 6.00. The third kappa shape index (κ3) is 4.18. The van der Waals surface area contributed by atoms with Gasteiger partial charge in [0.05, 0.1) is 17.8 Å². The van der Waals surface area contributed by atoms with Crippen LogP contribution in [0.4, 0.5) is 5.69 Å². The minimum absolute atomic E-state index is 0.0223. The first-order valence-corrected chi connectivity index (χ1v) is 12.0. The Labute approximate surface area is 207 Å². The van der Waals surface area contributed by atoms with Gasteiger partial charge in [-0.25, -0.2) is 0 Å². The normalized spacial score (nSPS) is 17.9. The number of hydrogen-bond acceptors (Lipinski definition) is 3. The molecule has 0 spiro atoms. The van der Waals surface area contributed by atoms with Gasteiger partial charge in [-0.3, -0.25) is 9.97 Å². The van der Waals surface area contributed by atoms with Crippen molar-refractivity contribution >= 4 is 38.9 Å². The molecule has 4 aromatic rings. The molecule has 5 nitrogen and oxygen atoms in total. The van der Waals surface area contributed by atoms with Gasteiger partial charge in [0.25, 0.3) is 0 Å². The summed E-state index contributed by atoms with van der Waals surface area (Å²) >= 11 is 9.41. The number of rotatable bonds is 5. The summed E-state index contributed by atoms with van der Waals surface area (Å²) < 4.78 is 3.40. The zero-order valence-corrected chi connectivity index (χ0v) is 20.8. The maximum Gasteiger partial charge on any atom is 0.174 e. The summed E-state index contributed by atoms with van der Waals surface area (Å²) in [6.07, 6.45) is 5.53. The van der Waals surface area contributed by atoms with E-state index in [1.54, 1.807) is 0 Å². The molecule has 3 aromatic heterocycles. The van der Waals surface area contributed by atoms with Gasteiger partial charge in [-0.05, 0) is 91.8 Å². The largest absolute Gasteiger partial charge is 0.351 e. The van der Waals surface area contributed by atoms with Crippen molar-refractivity contribution < 1.29 is 0 Å². The van der Waals surface area contributed by atoms with Crippen LogP contribution in [0.25, 0.3) is 0 Å². The Bertz CT molecular complexity index is 1270. The van der Waals surface area contributed by atoms with Crippen LogP contribution in [-0.2, 0) is 6.54 Å². The standard InChI is InChI=1S/C26H24BrN5S/c1-17-15-22(18(2)31(17)16-19-10-13-28-14-11-19)25-24(23-5-3-4-12-29-23)30-26(33)32(25)21-8-6-20(27)7-9-21/h3-15,24-25H,16H2,1-2H3,(H,30,33)/t24-,25-/m0/s1. The lowest BCUT2D eigenvalue weighted by Gasteiger charge is -2.28. The fourth-order valence-corrected chi connectivity index (χ4v) is 5.20. The average molecular weight is 518 g/mol. The molecule has 0 saturated carbocycles. The van der Waals surface area contributed by atoms with Crippen molar-refractivity contribution in [1.82, 2.24) is 19.9 Å². The minimum Gasteiger partial charge on any atom is -0.351 e. The van der Waals surface area contributed by atoms with Gasteiger partial charge < -0.3 is 14.8 Å². The van der Waals surface area contributed by atoms with Crippen LogP contribution in [0.5, 0.6) is 0 Å². The van der Waals surface area contributed by atoms with Crippen molar-refractivity contribution in [2.24, 2.45) is 0 Å². The molecular formula is C26H24BrN5S. The Hall–Kier alpha value is -3.03. The SMILES string of the molecule is Cc1cc([C@H]2[C@H](c3ccccn3)NC(=S)N2c2ccc(Br)cc2)c(C)n1Cc1ccncc1. The number of pyridine rings is 2. The van der Waals surface area contributed by atoms with Crippen LogP contribution in [0, 0.1) is 13.8 Å². The highest BCUT2D eigenvalue weighted by atomic mass is 79.9. The summed E-state index contributed by atoms with van der Waals surface area (Å²) in [5, 5.41) is 4.26. The molecule has 1 aliphatic rings. The van der Waals surface area contributed by atoms with Crippen LogP contribution in [0.2, 0.25) is 0 Å². The van der Waals surface area contributed by atoms with Gasteiger partial charge in [0, 0.05) is 46.7 Å². The summed E-state index contributed by atoms with van der Waals surface area (Å²) in [7, 11) is 0. The Morgan fingerprint density at radius 3 is 2.45 bits per heavy atom. The third-order valence-corrected chi connectivity index (χ3v) is 7.07. The fourth-order valence-electron chi connectivity index (χ4n) is 4.59. The van der Waals surface area contributed by atoms with E-state index in [1.807, 2.05) is 30.7 Å². The van der Waals surface area contributed by atoms with E-state index in [-0.39, 0.29) is 12.1 Å². The summed E-state index contributed by atoms with van der Waals surface area (Å²) in [4.78, 5) is 11.0. The molecule has 1 saturated heterocycles. The quantitative estimate of drug-likeness (QED) is 0.334. The molecule has 0 aliphatic carbocycles. The summed E-state index contributed by atoms with van der Waals surface area (Å²) in [6.45, 7) is 5.16. The van der Waals surface area contributed by atoms with Gasteiger partial charge in [-0.2, -0.15) is 0 Å². The molecule has 0 unspecified atom stereocenters. The van der Waals surface area contributed by atoms with Crippen molar-refractivity contribution in [2.75, 3.05) is 4.90 Å². The first kappa shape index (κ1) is 21.8. The lowest BCUT2D eigenvalue weighted by molar-refractivity contribution is 0.563. The first-order valence-electron chi connectivity index (χ1n) is 10.8. The number of nitrogens with zero attached hydrogens (tertiary/aromatic N) is 4. The predicted molar refractivity (Wildman–Crippen MR) is 139 cm³/mol. The number of aromatic nitrogens is 3. The van der Waals surface area contributed by atoms with E-state index in [0.717, 1.165) is 22.4 Å². The third-order valence-electron chi connectivity index (χ3n) is 6.22. The summed E-state index contributed by atoms with van der Waals surface area (Å²) in [5.74, 6) is 0. The van der Waals surface area contributed by atoms with Gasteiger partial charge in [0.1, 0.15) is 0 Å². The maximum absolute atomic E-state index is 5.86. The molecule has 7 heteroatoms. The van der Waals surface area contributed by atoms with Gasteiger partial charge in [0.15, 0.2) is 5.11 Å². The van der Waals surface area contributed by atoms with E-state index in [0.29, 0.717) is 5.11 Å². The monoisotopic (exact) mass is 517 g/mol. The van der Waals surface area contributed by atoms with Gasteiger partial charge in [0.2, 0.25) is 0 Å². The lowest BCUT2D eigenvalue weighted by Crippen LogP contribution is -2.29. The number of halogens is 1. The molecule has 5 rings (SSSR count). The van der Waals surface area contributed by atoms with Crippen molar-refractivity contribution in [3.05, 3.63) is 112 Å². The predicted octanol–water partition coefficient (Wildman–Crippen LogP) is 5.88. The molecule has 1 aromatic carbocycles. The molecule has 1 N–H and O–H groups in total. The van der Waals surface area contributed by atoms with Crippen LogP contribution in [-0.4, -0.2) is 19.6 Å². The van der Waals surface area contributed by atoms with Crippen molar-refractivity contribution in [2.45, 2.75) is 32.5 Å². The number of benzene rings is 1. The second-order valence-electron chi connectivity index (χ2n) is 8.24. The highest BCUT2D eigenvalue weighted by molar-refractivity contribution is 9.10. The second kappa shape index (κ2) is 9.08. The van der Waals surface area contributed by atoms with Crippen LogP contribution in [0.1, 0.15) is 40.3 Å². The lowest BCUT2D eigenvalue weighted by atomic mass is 9.96. The van der Waals surface area contributed by atoms with E-state index in [4.69, 9.17) is 12.2 Å². The average Bonchev–Trinajstić information content (AvgIpc) is 3.32. The molecule has 1 aliphatic heterocycles. The topological polar surface area (TPSA) is 46.0 Å². The molecule has 1 fully saturated rings. The zero-order chi connectivity index (χ0) is 22.9. The fraction of sp³-hybridized carbons (Fsp3) is 0.192. The van der Waals surface area contributed by atoms with E-state index in [9.17, 15) is 0 Å². The van der Waals surface area contributed by atoms with Crippen LogP contribution < -0.4 is 10.2 Å². The smallest absolute Gasteiger partial charge is 0.174 e. The van der Waals surface area contributed by atoms with E-state index >= 15 is 0 Å². The minimum atomic E-state index is -0.0581. The highest BCUT2D eigenvalue weighted by Gasteiger charge is 2.42. The van der Waals surface area contributed by atoms with E-state index < -0.39 is 0 Å². The molecule has 33 heavy (non-hydrogen) atoms. The van der Waals surface area contributed by atoms with Crippen LogP contribution in [0.15, 0.2) is 83.7 Å². The Balaban J connectivity index is 1.62. The highest BCUT2D eigenvalue weighted by Crippen LogP contribution is 2.43. The Morgan fingerprint density at radius 2 is 1.76 bits per heavy atom. The number of aryl methyl sites for hydroxylation is 1. The zero-order valence-electron chi connectivity index (χ0n) is 18.4. The van der Waals surface area contributed by atoms with Crippen LogP contribution >= 0.6 is 28.1 Å². The Morgan fingerprint density at radius 1 is 1.00 bits per heavy atom. The van der Waals surface area contributed by atoms with Crippen molar-refractivity contribution in [3.8, 4) is 0 Å². The summed E-state index contributed by atoms with van der Waals surface area (Å²) in [5.41, 5.74) is 6.94. The first-order chi connectivity index (χ1) is 16.0. The van der Waals surface area contributed by atoms with Crippen LogP contribution in [0.3, 0.4) is 0 Å². The summed E-state index contributed by atoms with van der Waals surface area (Å²) in [6, 6.07) is 20.7. The number of anilines is 1. The van der Waals surface area contributed by atoms with Gasteiger partial charge in [-0.1, -0.05) is 22.0 Å². The molecular weight excluding hydrogens is 494 g/mol. The molecule has 166 valence electrons.